The van der Waals surface area contributed by atoms with E-state index in [1.54, 1.807) is 11.5 Å². The minimum atomic E-state index is -4.44. The van der Waals surface area contributed by atoms with E-state index in [9.17, 15) is 19.0 Å². The number of carbonyl (C=O) groups is 2. The van der Waals surface area contributed by atoms with Crippen LogP contribution in [0.5, 0.6) is 0 Å². The fraction of sp³-hybridized carbons (Fsp3) is 0.435. The van der Waals surface area contributed by atoms with Crippen LogP contribution in [-0.4, -0.2) is 80.9 Å². The average molecular weight is 576 g/mol. The van der Waals surface area contributed by atoms with Gasteiger partial charge < -0.3 is 38.6 Å². The van der Waals surface area contributed by atoms with E-state index >= 15 is 0 Å². The number of nitrogens with zero attached hydrogens (tertiary/aromatic N) is 4. The van der Waals surface area contributed by atoms with Crippen LogP contribution in [-0.2, 0) is 28.1 Å². The summed E-state index contributed by atoms with van der Waals surface area (Å²) in [5.74, 6) is -1.01. The fourth-order valence-electron chi connectivity index (χ4n) is 4.43. The molecule has 5 rings (SSSR count). The van der Waals surface area contributed by atoms with Crippen LogP contribution in [0.4, 0.5) is 10.6 Å². The molecular weight excluding hydrogens is 549 g/mol. The van der Waals surface area contributed by atoms with Crippen LogP contribution in [0.2, 0.25) is 0 Å². The molecule has 2 amide bonds. The number of aliphatic carboxylic acids is 1. The Bertz CT molecular complexity index is 1410. The Morgan fingerprint density at radius 3 is 2.67 bits per heavy atom. The molecule has 0 radical (unpaired) electrons. The number of carboxylic acids is 1. The lowest BCUT2D eigenvalue weighted by Gasteiger charge is -2.26. The summed E-state index contributed by atoms with van der Waals surface area (Å²) >= 11 is 0. The van der Waals surface area contributed by atoms with Gasteiger partial charge in [-0.05, 0) is 6.92 Å². The van der Waals surface area contributed by atoms with Crippen molar-refractivity contribution in [1.29, 1.82) is 0 Å². The third-order valence-electron chi connectivity index (χ3n) is 6.14. The van der Waals surface area contributed by atoms with Crippen molar-refractivity contribution in [2.75, 3.05) is 31.3 Å². The van der Waals surface area contributed by atoms with Gasteiger partial charge in [0.25, 0.3) is 0 Å². The van der Waals surface area contributed by atoms with E-state index in [4.69, 9.17) is 23.8 Å². The average Bonchev–Trinajstić information content (AvgIpc) is 3.62. The molecule has 2 aliphatic heterocycles. The number of hydrogen-bond donors (Lipinski definition) is 4. The summed E-state index contributed by atoms with van der Waals surface area (Å²) in [5.41, 5.74) is 1.40. The molecule has 6 atom stereocenters. The van der Waals surface area contributed by atoms with Crippen molar-refractivity contribution in [2.24, 2.45) is 0 Å². The van der Waals surface area contributed by atoms with Gasteiger partial charge in [-0.1, -0.05) is 30.3 Å². The van der Waals surface area contributed by atoms with E-state index < -0.39 is 69.9 Å². The molecule has 1 aromatic carbocycles. The predicted molar refractivity (Wildman–Crippen MR) is 135 cm³/mol. The SMILES string of the molecule is CCNC(=O)Nc1ncnc2c1ncn2[C@@H]1O[C@H](COP(=O)([O-])CNCC(=O)O)C2O[C@@H](c3ccccc3)O[C@@H]21. The summed E-state index contributed by atoms with van der Waals surface area (Å²) in [6.07, 6.45) is -1.85. The Kier molecular flexibility index (Phi) is 8.37. The van der Waals surface area contributed by atoms with Crippen molar-refractivity contribution in [3.8, 4) is 0 Å². The molecule has 0 spiro atoms. The molecule has 0 saturated carbocycles. The monoisotopic (exact) mass is 576 g/mol. The first-order valence-corrected chi connectivity index (χ1v) is 14.1. The number of carboxylic acid groups (broad SMARTS) is 1. The molecule has 0 bridgehead atoms. The number of carbonyl (C=O) groups excluding carboxylic acids is 1. The third kappa shape index (κ3) is 6.13. The highest BCUT2D eigenvalue weighted by Gasteiger charge is 2.54. The van der Waals surface area contributed by atoms with Crippen molar-refractivity contribution < 1.29 is 42.9 Å². The standard InChI is InChI=1S/C23H28N7O9P/c1-2-25-23(33)29-19-16-20(27-10-26-19)30(11-28-16)21-18-17(38-22(39-18)13-6-4-3-5-7-13)14(37-21)9-36-40(34,35)12-24-8-15(31)32/h3-7,10-11,14,17-18,21-22,24H,2,8-9,12H2,1H3,(H,31,32)(H,34,35)(H2,25,26,27,29,33)/p-1/t14-,17?,18+,21-,22-/m1/s1. The van der Waals surface area contributed by atoms with Crippen LogP contribution in [0.3, 0.4) is 0 Å². The van der Waals surface area contributed by atoms with E-state index in [0.29, 0.717) is 17.7 Å². The molecule has 4 heterocycles. The van der Waals surface area contributed by atoms with E-state index in [1.807, 2.05) is 30.3 Å². The minimum absolute atomic E-state index is 0.191. The molecule has 2 unspecified atom stereocenters. The Balaban J connectivity index is 1.39. The number of benzene rings is 1. The maximum atomic E-state index is 12.4. The van der Waals surface area contributed by atoms with Crippen molar-refractivity contribution in [3.63, 3.8) is 0 Å². The first-order chi connectivity index (χ1) is 19.3. The summed E-state index contributed by atoms with van der Waals surface area (Å²) in [6.45, 7) is 1.26. The van der Waals surface area contributed by atoms with E-state index in [1.165, 1.54) is 12.7 Å². The molecular formula is C23H27N7O9P-. The second kappa shape index (κ2) is 11.9. The first kappa shape index (κ1) is 28.0. The molecule has 4 N–H and O–H groups in total. The lowest BCUT2D eigenvalue weighted by atomic mass is 10.1. The molecule has 2 saturated heterocycles. The number of hydrogen-bond acceptors (Lipinski definition) is 12. The third-order valence-corrected chi connectivity index (χ3v) is 7.29. The van der Waals surface area contributed by atoms with Crippen LogP contribution in [0.15, 0.2) is 43.0 Å². The second-order valence-electron chi connectivity index (χ2n) is 8.93. The zero-order chi connectivity index (χ0) is 28.3. The van der Waals surface area contributed by atoms with Crippen LogP contribution < -0.4 is 20.8 Å². The summed E-state index contributed by atoms with van der Waals surface area (Å²) in [4.78, 5) is 47.9. The van der Waals surface area contributed by atoms with Gasteiger partial charge >= 0.3 is 12.0 Å². The van der Waals surface area contributed by atoms with Gasteiger partial charge in [0.1, 0.15) is 32.2 Å². The number of aromatic nitrogens is 4. The molecule has 40 heavy (non-hydrogen) atoms. The minimum Gasteiger partial charge on any atom is -0.778 e. The maximum Gasteiger partial charge on any atom is 0.320 e. The van der Waals surface area contributed by atoms with E-state index in [-0.39, 0.29) is 5.82 Å². The summed E-state index contributed by atoms with van der Waals surface area (Å²) in [5, 5.41) is 16.3. The number of nitrogens with one attached hydrogen (secondary N) is 3. The van der Waals surface area contributed by atoms with Gasteiger partial charge in [-0.25, -0.2) is 19.7 Å². The first-order valence-electron chi connectivity index (χ1n) is 12.4. The highest BCUT2D eigenvalue weighted by Crippen LogP contribution is 2.46. The maximum absolute atomic E-state index is 12.4. The van der Waals surface area contributed by atoms with Crippen molar-refractivity contribution >= 4 is 36.6 Å². The molecule has 17 heteroatoms. The van der Waals surface area contributed by atoms with Crippen molar-refractivity contribution in [1.82, 2.24) is 30.2 Å². The highest BCUT2D eigenvalue weighted by atomic mass is 31.2. The van der Waals surface area contributed by atoms with Gasteiger partial charge in [0.05, 0.1) is 25.8 Å². The summed E-state index contributed by atoms with van der Waals surface area (Å²) in [6, 6.07) is 8.76. The molecule has 2 aromatic heterocycles. The normalized spacial score (nSPS) is 25.4. The molecule has 3 aromatic rings. The molecule has 2 fully saturated rings. The quantitative estimate of drug-likeness (QED) is 0.230. The summed E-state index contributed by atoms with van der Waals surface area (Å²) < 4.78 is 37.7. The zero-order valence-corrected chi connectivity index (χ0v) is 22.1. The Labute approximate surface area is 227 Å². The molecule has 16 nitrogen and oxygen atoms in total. The van der Waals surface area contributed by atoms with E-state index in [2.05, 4.69) is 30.9 Å². The second-order valence-corrected chi connectivity index (χ2v) is 10.7. The lowest BCUT2D eigenvalue weighted by molar-refractivity contribution is -0.204. The van der Waals surface area contributed by atoms with Crippen molar-refractivity contribution in [2.45, 2.75) is 37.8 Å². The Morgan fingerprint density at radius 2 is 1.93 bits per heavy atom. The van der Waals surface area contributed by atoms with Gasteiger partial charge in [-0.3, -0.25) is 20.0 Å². The summed E-state index contributed by atoms with van der Waals surface area (Å²) in [7, 11) is -4.44. The number of amides is 2. The van der Waals surface area contributed by atoms with Gasteiger partial charge in [0.15, 0.2) is 29.5 Å². The molecule has 0 aliphatic carbocycles. The number of anilines is 1. The number of urea groups is 1. The molecule has 2 aliphatic rings. The number of rotatable bonds is 11. The van der Waals surface area contributed by atoms with Gasteiger partial charge in [-0.2, -0.15) is 0 Å². The van der Waals surface area contributed by atoms with E-state index in [0.717, 1.165) is 5.56 Å². The van der Waals surface area contributed by atoms with Crippen LogP contribution in [0, 0.1) is 0 Å². The highest BCUT2D eigenvalue weighted by molar-refractivity contribution is 7.51. The predicted octanol–water partition coefficient (Wildman–Crippen LogP) is 0.550. The number of ether oxygens (including phenoxy) is 3. The van der Waals surface area contributed by atoms with Crippen molar-refractivity contribution in [3.05, 3.63) is 48.5 Å². The van der Waals surface area contributed by atoms with Crippen LogP contribution in [0.25, 0.3) is 11.2 Å². The largest absolute Gasteiger partial charge is 0.778 e. The zero-order valence-electron chi connectivity index (χ0n) is 21.2. The van der Waals surface area contributed by atoms with Gasteiger partial charge in [-0.15, -0.1) is 0 Å². The van der Waals surface area contributed by atoms with Gasteiger partial charge in [0.2, 0.25) is 0 Å². The smallest absolute Gasteiger partial charge is 0.320 e. The lowest BCUT2D eigenvalue weighted by Crippen LogP contribution is -2.33. The van der Waals surface area contributed by atoms with Crippen LogP contribution in [0.1, 0.15) is 25.0 Å². The number of fused-ring (bicyclic) bond motifs is 2. The van der Waals surface area contributed by atoms with Gasteiger partial charge in [0, 0.05) is 12.1 Å². The van der Waals surface area contributed by atoms with Crippen LogP contribution >= 0.6 is 7.60 Å². The molecule has 214 valence electrons. The Morgan fingerprint density at radius 1 is 1.15 bits per heavy atom. The number of imidazole rings is 1. The topological polar surface area (TPSA) is 211 Å². The fourth-order valence-corrected chi connectivity index (χ4v) is 5.29. The Hall–Kier alpha value is -3.50.